The van der Waals surface area contributed by atoms with Gasteiger partial charge < -0.3 is 20.2 Å². The van der Waals surface area contributed by atoms with Gasteiger partial charge in [0.25, 0.3) is 11.8 Å². The minimum absolute atomic E-state index is 0.0623. The molecule has 1 fully saturated rings. The number of nitrogens with one attached hydrogen (secondary N) is 1. The van der Waals surface area contributed by atoms with Crippen LogP contribution in [0.2, 0.25) is 0 Å². The Morgan fingerprint density at radius 3 is 2.31 bits per heavy atom. The Kier molecular flexibility index (Phi) is 6.70. The Labute approximate surface area is 206 Å². The number of hydrogen-bond donors (Lipinski definition) is 2. The molecule has 35 heavy (non-hydrogen) atoms. The van der Waals surface area contributed by atoms with Gasteiger partial charge in [0.1, 0.15) is 0 Å². The zero-order valence-electron chi connectivity index (χ0n) is 19.8. The average Bonchev–Trinajstić information content (AvgIpc) is 3.20. The molecule has 2 aliphatic heterocycles. The number of carbonyl (C=O) groups excluding carboxylic acids is 2. The van der Waals surface area contributed by atoms with Crippen molar-refractivity contribution in [1.29, 1.82) is 0 Å². The number of nitrogens with zero attached hydrogens (tertiary/aromatic N) is 2. The molecular formula is C29H31N3O3. The van der Waals surface area contributed by atoms with Crippen molar-refractivity contribution in [1.82, 2.24) is 15.1 Å². The molecule has 180 valence electrons. The molecule has 1 aliphatic carbocycles. The molecule has 0 atom stereocenters. The molecule has 5 rings (SSSR count). The van der Waals surface area contributed by atoms with Gasteiger partial charge in [-0.15, -0.1) is 0 Å². The minimum Gasteiger partial charge on any atom is -0.503 e. The van der Waals surface area contributed by atoms with Crippen LogP contribution in [0.3, 0.4) is 0 Å². The molecule has 0 aromatic heterocycles. The fourth-order valence-corrected chi connectivity index (χ4v) is 5.18. The molecule has 0 bridgehead atoms. The lowest BCUT2D eigenvalue weighted by Gasteiger charge is -2.29. The molecule has 0 saturated heterocycles. The van der Waals surface area contributed by atoms with Gasteiger partial charge in [0, 0.05) is 31.0 Å². The maximum Gasteiger partial charge on any atom is 0.293 e. The molecule has 2 heterocycles. The van der Waals surface area contributed by atoms with E-state index in [1.165, 1.54) is 16.0 Å². The second-order valence-electron chi connectivity index (χ2n) is 9.51. The van der Waals surface area contributed by atoms with Crippen molar-refractivity contribution in [2.45, 2.75) is 44.2 Å². The SMILES string of the molecule is O=C(N[C@H]1CC[C@@H](c2ccccc2)CC1)C1=C(O)C(=O)N(C2=CCN(Cc3ccccc3)C=C2)C1. The number of carbonyl (C=O) groups is 2. The van der Waals surface area contributed by atoms with E-state index in [2.05, 4.69) is 46.6 Å². The molecular weight excluding hydrogens is 438 g/mol. The van der Waals surface area contributed by atoms with Crippen LogP contribution in [0.1, 0.15) is 42.7 Å². The second-order valence-corrected chi connectivity index (χ2v) is 9.51. The Bertz CT molecular complexity index is 1160. The van der Waals surface area contributed by atoms with Crippen molar-refractivity contribution in [3.8, 4) is 0 Å². The van der Waals surface area contributed by atoms with Gasteiger partial charge in [-0.1, -0.05) is 60.7 Å². The van der Waals surface area contributed by atoms with Crippen LogP contribution >= 0.6 is 0 Å². The number of aliphatic hydroxyl groups excluding tert-OH is 1. The van der Waals surface area contributed by atoms with Crippen LogP contribution in [0.4, 0.5) is 0 Å². The summed E-state index contributed by atoms with van der Waals surface area (Å²) in [5.74, 6) is -0.781. The molecule has 0 radical (unpaired) electrons. The lowest BCUT2D eigenvalue weighted by Crippen LogP contribution is -2.39. The monoisotopic (exact) mass is 469 g/mol. The van der Waals surface area contributed by atoms with Gasteiger partial charge in [-0.25, -0.2) is 0 Å². The number of amides is 2. The van der Waals surface area contributed by atoms with Crippen LogP contribution in [0, 0.1) is 0 Å². The van der Waals surface area contributed by atoms with E-state index in [-0.39, 0.29) is 24.1 Å². The molecule has 1 saturated carbocycles. The molecule has 3 aliphatic rings. The smallest absolute Gasteiger partial charge is 0.293 e. The summed E-state index contributed by atoms with van der Waals surface area (Å²) in [4.78, 5) is 29.3. The van der Waals surface area contributed by atoms with Gasteiger partial charge in [-0.05, 0) is 54.9 Å². The summed E-state index contributed by atoms with van der Waals surface area (Å²) in [6.45, 7) is 1.51. The molecule has 0 unspecified atom stereocenters. The lowest BCUT2D eigenvalue weighted by atomic mass is 9.82. The summed E-state index contributed by atoms with van der Waals surface area (Å²) in [6.07, 6.45) is 9.59. The van der Waals surface area contributed by atoms with Gasteiger partial charge in [-0.2, -0.15) is 0 Å². The summed E-state index contributed by atoms with van der Waals surface area (Å²) in [5.41, 5.74) is 3.42. The van der Waals surface area contributed by atoms with Crippen LogP contribution in [-0.4, -0.2) is 45.9 Å². The zero-order chi connectivity index (χ0) is 24.2. The Hall–Kier alpha value is -3.80. The number of hydrogen-bond acceptors (Lipinski definition) is 4. The lowest BCUT2D eigenvalue weighted by molar-refractivity contribution is -0.126. The van der Waals surface area contributed by atoms with E-state index in [0.717, 1.165) is 32.2 Å². The van der Waals surface area contributed by atoms with E-state index in [4.69, 9.17) is 0 Å². The first-order valence-electron chi connectivity index (χ1n) is 12.3. The maximum absolute atomic E-state index is 13.0. The standard InChI is InChI=1S/C29H31N3O3/c33-27-26(28(34)30-24-13-11-23(12-14-24)22-9-5-2-6-10-22)20-32(29(27)35)25-15-17-31(18-16-25)19-21-7-3-1-4-8-21/h1-10,15-17,23-24,33H,11-14,18-20H2,(H,30,34)/t23-,24+. The summed E-state index contributed by atoms with van der Waals surface area (Å²) in [6, 6.07) is 20.8. The molecule has 2 N–H and O–H groups in total. The first kappa shape index (κ1) is 23.0. The van der Waals surface area contributed by atoms with Gasteiger partial charge in [-0.3, -0.25) is 9.59 Å². The van der Waals surface area contributed by atoms with Crippen LogP contribution in [-0.2, 0) is 16.1 Å². The average molecular weight is 470 g/mol. The normalized spacial score (nSPS) is 22.4. The highest BCUT2D eigenvalue weighted by molar-refractivity contribution is 6.07. The van der Waals surface area contributed by atoms with E-state index in [1.54, 1.807) is 0 Å². The van der Waals surface area contributed by atoms with E-state index in [1.807, 2.05) is 42.6 Å². The minimum atomic E-state index is -0.518. The van der Waals surface area contributed by atoms with Crippen molar-refractivity contribution in [3.63, 3.8) is 0 Å². The van der Waals surface area contributed by atoms with Crippen molar-refractivity contribution >= 4 is 11.8 Å². The van der Waals surface area contributed by atoms with Gasteiger partial charge in [0.05, 0.1) is 12.1 Å². The van der Waals surface area contributed by atoms with Crippen LogP contribution in [0.25, 0.3) is 0 Å². The highest BCUT2D eigenvalue weighted by atomic mass is 16.3. The number of benzene rings is 2. The van der Waals surface area contributed by atoms with Crippen molar-refractivity contribution < 1.29 is 14.7 Å². The molecule has 2 aromatic carbocycles. The van der Waals surface area contributed by atoms with Gasteiger partial charge in [0.2, 0.25) is 0 Å². The second kappa shape index (κ2) is 10.2. The largest absolute Gasteiger partial charge is 0.503 e. The van der Waals surface area contributed by atoms with Crippen LogP contribution < -0.4 is 5.32 Å². The molecule has 2 amide bonds. The third-order valence-electron chi connectivity index (χ3n) is 7.19. The zero-order valence-corrected chi connectivity index (χ0v) is 19.8. The van der Waals surface area contributed by atoms with E-state index in [0.29, 0.717) is 18.2 Å². The van der Waals surface area contributed by atoms with Gasteiger partial charge >= 0.3 is 0 Å². The summed E-state index contributed by atoms with van der Waals surface area (Å²) in [7, 11) is 0. The molecule has 6 heteroatoms. The third kappa shape index (κ3) is 5.16. The van der Waals surface area contributed by atoms with E-state index in [9.17, 15) is 14.7 Å². The Morgan fingerprint density at radius 1 is 0.971 bits per heavy atom. The Morgan fingerprint density at radius 2 is 1.66 bits per heavy atom. The van der Waals surface area contributed by atoms with E-state index >= 15 is 0 Å². The quantitative estimate of drug-likeness (QED) is 0.658. The maximum atomic E-state index is 13.0. The number of rotatable bonds is 6. The molecule has 2 aromatic rings. The van der Waals surface area contributed by atoms with Crippen LogP contribution in [0.5, 0.6) is 0 Å². The van der Waals surface area contributed by atoms with Crippen LogP contribution in [0.15, 0.2) is 96.0 Å². The Balaban J connectivity index is 1.14. The highest BCUT2D eigenvalue weighted by Gasteiger charge is 2.36. The fraction of sp³-hybridized carbons (Fsp3) is 0.310. The predicted octanol–water partition coefficient (Wildman–Crippen LogP) is 4.40. The van der Waals surface area contributed by atoms with Crippen molar-refractivity contribution in [2.24, 2.45) is 0 Å². The summed E-state index contributed by atoms with van der Waals surface area (Å²) < 4.78 is 0. The molecule has 6 nitrogen and oxygen atoms in total. The molecule has 0 spiro atoms. The number of aliphatic hydroxyl groups is 1. The highest BCUT2D eigenvalue weighted by Crippen LogP contribution is 2.33. The van der Waals surface area contributed by atoms with Crippen molar-refractivity contribution in [3.05, 3.63) is 107 Å². The topological polar surface area (TPSA) is 72.9 Å². The summed E-state index contributed by atoms with van der Waals surface area (Å²) >= 11 is 0. The first-order chi connectivity index (χ1) is 17.1. The first-order valence-corrected chi connectivity index (χ1v) is 12.3. The predicted molar refractivity (Wildman–Crippen MR) is 135 cm³/mol. The fourth-order valence-electron chi connectivity index (χ4n) is 5.18. The number of allylic oxidation sites excluding steroid dienone is 1. The van der Waals surface area contributed by atoms with E-state index < -0.39 is 11.7 Å². The summed E-state index contributed by atoms with van der Waals surface area (Å²) in [5, 5.41) is 13.5. The van der Waals surface area contributed by atoms with Gasteiger partial charge in [0.15, 0.2) is 5.76 Å². The van der Waals surface area contributed by atoms with Crippen molar-refractivity contribution in [2.75, 3.05) is 13.1 Å². The third-order valence-corrected chi connectivity index (χ3v) is 7.19.